The molecular formula is C10H11N5O. The monoisotopic (exact) mass is 217 g/mol. The highest BCUT2D eigenvalue weighted by Crippen LogP contribution is 2.10. The smallest absolute Gasteiger partial charge is 0.187 e. The summed E-state index contributed by atoms with van der Waals surface area (Å²) >= 11 is 0. The van der Waals surface area contributed by atoms with Gasteiger partial charge in [-0.15, -0.1) is 5.10 Å². The lowest BCUT2D eigenvalue weighted by Gasteiger charge is -2.06. The van der Waals surface area contributed by atoms with Crippen LogP contribution in [-0.4, -0.2) is 25.8 Å². The zero-order valence-electron chi connectivity index (χ0n) is 8.70. The normalized spacial score (nSPS) is 11.7. The first-order valence-electron chi connectivity index (χ1n) is 4.67. The summed E-state index contributed by atoms with van der Waals surface area (Å²) in [5.41, 5.74) is 7.11. The zero-order valence-corrected chi connectivity index (χ0v) is 8.70. The average Bonchev–Trinajstić information content (AvgIpc) is 2.77. The quantitative estimate of drug-likeness (QED) is 0.335. The van der Waals surface area contributed by atoms with Crippen molar-refractivity contribution in [2.75, 3.05) is 0 Å². The fourth-order valence-corrected chi connectivity index (χ4v) is 1.41. The Morgan fingerprint density at radius 2 is 2.38 bits per heavy atom. The Kier molecular flexibility index (Phi) is 2.55. The summed E-state index contributed by atoms with van der Waals surface area (Å²) < 4.78 is 1.70. The summed E-state index contributed by atoms with van der Waals surface area (Å²) in [5, 5.41) is 19.4. The molecular weight excluding hydrogens is 206 g/mol. The van der Waals surface area contributed by atoms with Gasteiger partial charge in [-0.2, -0.15) is 5.10 Å². The van der Waals surface area contributed by atoms with Gasteiger partial charge in [-0.25, -0.2) is 0 Å². The molecule has 2 aromatic heterocycles. The molecule has 0 aliphatic carbocycles. The first-order chi connectivity index (χ1) is 7.72. The molecule has 0 aromatic carbocycles. The molecule has 0 radical (unpaired) electrons. The van der Waals surface area contributed by atoms with Gasteiger partial charge >= 0.3 is 0 Å². The van der Waals surface area contributed by atoms with E-state index in [4.69, 9.17) is 10.9 Å². The van der Waals surface area contributed by atoms with E-state index in [0.717, 1.165) is 5.56 Å². The molecule has 0 spiro atoms. The number of nitrogens with two attached hydrogens (primary N) is 1. The van der Waals surface area contributed by atoms with Crippen LogP contribution in [0.25, 0.3) is 5.82 Å². The number of nitrogens with zero attached hydrogens (tertiary/aromatic N) is 4. The summed E-state index contributed by atoms with van der Waals surface area (Å²) in [6.45, 7) is 1.92. The Labute approximate surface area is 92.0 Å². The van der Waals surface area contributed by atoms with E-state index >= 15 is 0 Å². The van der Waals surface area contributed by atoms with E-state index in [0.29, 0.717) is 11.5 Å². The Bertz CT molecular complexity index is 532. The molecule has 0 aliphatic heterocycles. The summed E-state index contributed by atoms with van der Waals surface area (Å²) in [5.74, 6) is 0.667. The molecule has 0 amide bonds. The third kappa shape index (κ3) is 1.72. The van der Waals surface area contributed by atoms with Crippen LogP contribution in [-0.2, 0) is 0 Å². The standard InChI is InChI=1S/C10H11N5O/c1-7-5-9(13-12-6-7)15-4-2-3-8(15)10(11)14-16/h2-6,16H,1H3,(H2,11,14). The lowest BCUT2D eigenvalue weighted by atomic mass is 10.3. The van der Waals surface area contributed by atoms with Crippen molar-refractivity contribution in [2.45, 2.75) is 6.92 Å². The van der Waals surface area contributed by atoms with Crippen LogP contribution >= 0.6 is 0 Å². The second-order valence-electron chi connectivity index (χ2n) is 3.34. The van der Waals surface area contributed by atoms with Gasteiger partial charge in [0.2, 0.25) is 0 Å². The second-order valence-corrected chi connectivity index (χ2v) is 3.34. The van der Waals surface area contributed by atoms with Crippen LogP contribution in [0, 0.1) is 6.92 Å². The molecule has 0 saturated carbocycles. The van der Waals surface area contributed by atoms with Crippen LogP contribution in [0.1, 0.15) is 11.3 Å². The van der Waals surface area contributed by atoms with Crippen LogP contribution in [0.2, 0.25) is 0 Å². The maximum absolute atomic E-state index is 8.65. The molecule has 6 heteroatoms. The number of hydrogen-bond acceptors (Lipinski definition) is 4. The highest BCUT2D eigenvalue weighted by Gasteiger charge is 2.08. The number of aromatic nitrogens is 3. The van der Waals surface area contributed by atoms with Crippen molar-refractivity contribution in [2.24, 2.45) is 10.9 Å². The maximum atomic E-state index is 8.65. The Morgan fingerprint density at radius 3 is 3.06 bits per heavy atom. The van der Waals surface area contributed by atoms with E-state index in [1.165, 1.54) is 0 Å². The number of aryl methyl sites for hydroxylation is 1. The Hall–Kier alpha value is -2.37. The molecule has 0 fully saturated rings. The predicted octanol–water partition coefficient (Wildman–Crippen LogP) is 0.670. The van der Waals surface area contributed by atoms with Crippen LogP contribution in [0.15, 0.2) is 35.7 Å². The van der Waals surface area contributed by atoms with Gasteiger partial charge in [0.25, 0.3) is 0 Å². The number of hydrogen-bond donors (Lipinski definition) is 2. The molecule has 2 heterocycles. The molecule has 82 valence electrons. The van der Waals surface area contributed by atoms with Gasteiger partial charge in [0.15, 0.2) is 11.7 Å². The van der Waals surface area contributed by atoms with Crippen LogP contribution in [0.4, 0.5) is 0 Å². The predicted molar refractivity (Wildman–Crippen MR) is 58.6 cm³/mol. The van der Waals surface area contributed by atoms with Crippen molar-refractivity contribution in [1.82, 2.24) is 14.8 Å². The number of oxime groups is 1. The Morgan fingerprint density at radius 1 is 1.56 bits per heavy atom. The van der Waals surface area contributed by atoms with Gasteiger partial charge in [-0.3, -0.25) is 4.57 Å². The highest BCUT2D eigenvalue weighted by atomic mass is 16.4. The van der Waals surface area contributed by atoms with Gasteiger partial charge in [-0.1, -0.05) is 5.16 Å². The molecule has 0 bridgehead atoms. The lowest BCUT2D eigenvalue weighted by Crippen LogP contribution is -2.18. The Balaban J connectivity index is 2.53. The van der Waals surface area contributed by atoms with E-state index in [-0.39, 0.29) is 5.84 Å². The first-order valence-corrected chi connectivity index (χ1v) is 4.67. The van der Waals surface area contributed by atoms with Crippen molar-refractivity contribution >= 4 is 5.84 Å². The van der Waals surface area contributed by atoms with Crippen molar-refractivity contribution in [1.29, 1.82) is 0 Å². The van der Waals surface area contributed by atoms with Gasteiger partial charge in [0, 0.05) is 6.20 Å². The van der Waals surface area contributed by atoms with E-state index in [9.17, 15) is 0 Å². The third-order valence-electron chi connectivity index (χ3n) is 2.14. The fraction of sp³-hybridized carbons (Fsp3) is 0.100. The highest BCUT2D eigenvalue weighted by molar-refractivity contribution is 5.96. The molecule has 0 atom stereocenters. The second kappa shape index (κ2) is 4.01. The van der Waals surface area contributed by atoms with E-state index in [2.05, 4.69) is 15.4 Å². The molecule has 16 heavy (non-hydrogen) atoms. The average molecular weight is 217 g/mol. The van der Waals surface area contributed by atoms with Gasteiger partial charge in [0.1, 0.15) is 0 Å². The minimum Gasteiger partial charge on any atom is -0.409 e. The summed E-state index contributed by atoms with van der Waals surface area (Å²) in [4.78, 5) is 0. The fourth-order valence-electron chi connectivity index (χ4n) is 1.41. The summed E-state index contributed by atoms with van der Waals surface area (Å²) in [7, 11) is 0. The number of amidine groups is 1. The topological polar surface area (TPSA) is 89.3 Å². The summed E-state index contributed by atoms with van der Waals surface area (Å²) in [6.07, 6.45) is 3.44. The van der Waals surface area contributed by atoms with Gasteiger partial charge in [0.05, 0.1) is 11.9 Å². The van der Waals surface area contributed by atoms with Crippen molar-refractivity contribution in [3.8, 4) is 5.82 Å². The van der Waals surface area contributed by atoms with Crippen LogP contribution in [0.5, 0.6) is 0 Å². The van der Waals surface area contributed by atoms with Crippen LogP contribution in [0.3, 0.4) is 0 Å². The van der Waals surface area contributed by atoms with Crippen molar-refractivity contribution in [3.05, 3.63) is 41.9 Å². The zero-order chi connectivity index (χ0) is 11.5. The SMILES string of the molecule is Cc1cnnc(-n2cccc2/C(N)=N/O)c1. The molecule has 0 aliphatic rings. The molecule has 2 rings (SSSR count). The van der Waals surface area contributed by atoms with E-state index in [1.807, 2.05) is 13.0 Å². The first kappa shape index (κ1) is 10.2. The molecule has 2 aromatic rings. The van der Waals surface area contributed by atoms with Crippen molar-refractivity contribution < 1.29 is 5.21 Å². The molecule has 0 saturated heterocycles. The van der Waals surface area contributed by atoms with Gasteiger partial charge in [-0.05, 0) is 30.7 Å². The van der Waals surface area contributed by atoms with E-state index < -0.39 is 0 Å². The van der Waals surface area contributed by atoms with E-state index in [1.54, 1.807) is 29.1 Å². The number of rotatable bonds is 2. The molecule has 0 unspecified atom stereocenters. The third-order valence-corrected chi connectivity index (χ3v) is 2.14. The minimum absolute atomic E-state index is 0.0355. The molecule has 3 N–H and O–H groups in total. The van der Waals surface area contributed by atoms with Crippen molar-refractivity contribution in [3.63, 3.8) is 0 Å². The molecule has 6 nitrogen and oxygen atoms in total. The maximum Gasteiger partial charge on any atom is 0.187 e. The van der Waals surface area contributed by atoms with Crippen LogP contribution < -0.4 is 5.73 Å². The largest absolute Gasteiger partial charge is 0.409 e. The minimum atomic E-state index is 0.0355. The van der Waals surface area contributed by atoms with Gasteiger partial charge < -0.3 is 10.9 Å². The summed E-state index contributed by atoms with van der Waals surface area (Å²) in [6, 6.07) is 5.39. The lowest BCUT2D eigenvalue weighted by molar-refractivity contribution is 0.318.